The van der Waals surface area contributed by atoms with Crippen molar-refractivity contribution in [2.24, 2.45) is 0 Å². The first-order chi connectivity index (χ1) is 12.0. The first-order valence-corrected chi connectivity index (χ1v) is 9.25. The number of rotatable bonds is 6. The van der Waals surface area contributed by atoms with Gasteiger partial charge in [0.2, 0.25) is 0 Å². The number of nitrogens with zero attached hydrogens (tertiary/aromatic N) is 3. The average molecular weight is 368 g/mol. The summed E-state index contributed by atoms with van der Waals surface area (Å²) in [5, 5.41) is 25.3. The molecule has 2 fully saturated rings. The number of hydrogen-bond acceptors (Lipinski definition) is 8. The predicted octanol–water partition coefficient (Wildman–Crippen LogP) is 2.12. The molecule has 2 aliphatic heterocycles. The minimum atomic E-state index is -0.625. The molecule has 0 amide bonds. The minimum absolute atomic E-state index is 0.0654. The molecular formula is C15H20N4O5S. The average Bonchev–Trinajstić information content (AvgIpc) is 3.10. The number of non-ortho nitro benzene ring substituents is 1. The Hall–Kier alpha value is -1.91. The molecule has 2 aliphatic rings. The maximum absolute atomic E-state index is 11.3. The summed E-state index contributed by atoms with van der Waals surface area (Å²) >= 11 is 1.88. The van der Waals surface area contributed by atoms with Gasteiger partial charge < -0.3 is 10.1 Å². The number of nitro groups is 2. The molecule has 3 rings (SSSR count). The van der Waals surface area contributed by atoms with Crippen LogP contribution in [-0.2, 0) is 4.74 Å². The van der Waals surface area contributed by atoms with Crippen LogP contribution in [0.5, 0.6) is 0 Å². The van der Waals surface area contributed by atoms with E-state index in [1.165, 1.54) is 12.1 Å². The van der Waals surface area contributed by atoms with Gasteiger partial charge in [0.1, 0.15) is 5.69 Å². The molecule has 136 valence electrons. The quantitative estimate of drug-likeness (QED) is 0.600. The highest BCUT2D eigenvalue weighted by Gasteiger charge is 2.40. The highest BCUT2D eigenvalue weighted by molar-refractivity contribution is 7.99. The smallest absolute Gasteiger partial charge is 0.299 e. The lowest BCUT2D eigenvalue weighted by molar-refractivity contribution is -0.393. The van der Waals surface area contributed by atoms with Gasteiger partial charge in [-0.2, -0.15) is 11.8 Å². The number of thioether (sulfide) groups is 1. The summed E-state index contributed by atoms with van der Waals surface area (Å²) in [7, 11) is 0. The van der Waals surface area contributed by atoms with Gasteiger partial charge in [-0.15, -0.1) is 0 Å². The molecule has 0 radical (unpaired) electrons. The number of benzene rings is 1. The summed E-state index contributed by atoms with van der Waals surface area (Å²) in [6, 6.07) is 3.72. The molecule has 1 aromatic carbocycles. The second-order valence-electron chi connectivity index (χ2n) is 6.20. The zero-order chi connectivity index (χ0) is 17.9. The van der Waals surface area contributed by atoms with Crippen molar-refractivity contribution in [3.05, 3.63) is 38.4 Å². The van der Waals surface area contributed by atoms with E-state index in [0.717, 1.165) is 37.1 Å². The van der Waals surface area contributed by atoms with Crippen molar-refractivity contribution in [1.82, 2.24) is 4.90 Å². The summed E-state index contributed by atoms with van der Waals surface area (Å²) < 4.78 is 5.43. The largest absolute Gasteiger partial charge is 0.379 e. The van der Waals surface area contributed by atoms with E-state index in [-0.39, 0.29) is 16.9 Å². The number of ether oxygens (including phenoxy) is 1. The van der Waals surface area contributed by atoms with Gasteiger partial charge in [-0.05, 0) is 18.2 Å². The summed E-state index contributed by atoms with van der Waals surface area (Å²) in [4.78, 5) is 23.3. The molecule has 1 unspecified atom stereocenters. The predicted molar refractivity (Wildman–Crippen MR) is 95.3 cm³/mol. The Balaban J connectivity index is 1.79. The Bertz CT molecular complexity index is 659. The number of nitro benzene ring substituents is 2. The molecule has 0 aliphatic carbocycles. The summed E-state index contributed by atoms with van der Waals surface area (Å²) in [5.41, 5.74) is -0.293. The van der Waals surface area contributed by atoms with Crippen molar-refractivity contribution in [3.8, 4) is 0 Å². The van der Waals surface area contributed by atoms with Crippen LogP contribution in [0.25, 0.3) is 0 Å². The summed E-state index contributed by atoms with van der Waals surface area (Å²) in [5.74, 6) is 2.02. The number of morpholine rings is 1. The van der Waals surface area contributed by atoms with E-state index >= 15 is 0 Å². The third kappa shape index (κ3) is 3.86. The zero-order valence-electron chi connectivity index (χ0n) is 13.7. The van der Waals surface area contributed by atoms with Gasteiger partial charge in [0, 0.05) is 37.0 Å². The number of hydrogen-bond donors (Lipinski definition) is 1. The first-order valence-electron chi connectivity index (χ1n) is 8.09. The van der Waals surface area contributed by atoms with Crippen LogP contribution in [0.3, 0.4) is 0 Å². The Morgan fingerprint density at radius 2 is 2.00 bits per heavy atom. The molecule has 1 N–H and O–H groups in total. The van der Waals surface area contributed by atoms with E-state index in [1.54, 1.807) is 0 Å². The Morgan fingerprint density at radius 1 is 1.24 bits per heavy atom. The lowest BCUT2D eigenvalue weighted by Crippen LogP contribution is -2.57. The van der Waals surface area contributed by atoms with Gasteiger partial charge in [0.25, 0.3) is 11.4 Å². The van der Waals surface area contributed by atoms with Gasteiger partial charge in [0.15, 0.2) is 0 Å². The summed E-state index contributed by atoms with van der Waals surface area (Å²) in [6.45, 7) is 3.67. The van der Waals surface area contributed by atoms with Gasteiger partial charge in [-0.25, -0.2) is 0 Å². The molecule has 1 aromatic rings. The summed E-state index contributed by atoms with van der Waals surface area (Å²) in [6.07, 6.45) is 1.01. The van der Waals surface area contributed by atoms with Crippen LogP contribution in [0.1, 0.15) is 6.42 Å². The van der Waals surface area contributed by atoms with Gasteiger partial charge in [-0.3, -0.25) is 25.1 Å². The van der Waals surface area contributed by atoms with Gasteiger partial charge in [0.05, 0.1) is 29.1 Å². The topological polar surface area (TPSA) is 111 Å². The number of nitrogens with one attached hydrogen (secondary N) is 1. The molecule has 0 spiro atoms. The molecule has 0 bridgehead atoms. The normalized spacial score (nSPS) is 24.2. The van der Waals surface area contributed by atoms with Crippen molar-refractivity contribution in [3.63, 3.8) is 0 Å². The molecule has 2 saturated heterocycles. The van der Waals surface area contributed by atoms with E-state index < -0.39 is 9.85 Å². The van der Waals surface area contributed by atoms with Crippen LogP contribution < -0.4 is 5.32 Å². The maximum Gasteiger partial charge on any atom is 0.299 e. The van der Waals surface area contributed by atoms with Crippen molar-refractivity contribution < 1.29 is 14.6 Å². The van der Waals surface area contributed by atoms with Crippen LogP contribution in [0.15, 0.2) is 18.2 Å². The molecule has 0 saturated carbocycles. The molecule has 1 atom stereocenters. The van der Waals surface area contributed by atoms with Crippen molar-refractivity contribution in [2.75, 3.05) is 49.7 Å². The van der Waals surface area contributed by atoms with Crippen molar-refractivity contribution in [2.45, 2.75) is 12.0 Å². The second kappa shape index (κ2) is 7.54. The third-order valence-electron chi connectivity index (χ3n) is 4.76. The molecule has 9 nitrogen and oxygen atoms in total. The van der Waals surface area contributed by atoms with Crippen molar-refractivity contribution in [1.29, 1.82) is 0 Å². The molecule has 0 aromatic heterocycles. The minimum Gasteiger partial charge on any atom is -0.379 e. The monoisotopic (exact) mass is 368 g/mol. The second-order valence-corrected chi connectivity index (χ2v) is 7.30. The Kier molecular flexibility index (Phi) is 5.40. The molecule has 10 heteroatoms. The molecular weight excluding hydrogens is 348 g/mol. The first kappa shape index (κ1) is 17.9. The fourth-order valence-corrected chi connectivity index (χ4v) is 4.81. The van der Waals surface area contributed by atoms with Gasteiger partial charge >= 0.3 is 0 Å². The van der Waals surface area contributed by atoms with E-state index in [2.05, 4.69) is 10.2 Å². The SMILES string of the molecule is O=[N+]([O-])c1ccc(NCC2(N3CCOCC3)CCSC2)c([N+](=O)[O-])c1. The maximum atomic E-state index is 11.3. The molecule has 2 heterocycles. The number of anilines is 1. The van der Waals surface area contributed by atoms with E-state index in [4.69, 9.17) is 4.74 Å². The van der Waals surface area contributed by atoms with Crippen LogP contribution in [-0.4, -0.2) is 64.6 Å². The lowest BCUT2D eigenvalue weighted by atomic mass is 9.95. The fourth-order valence-electron chi connectivity index (χ4n) is 3.33. The highest BCUT2D eigenvalue weighted by Crippen LogP contribution is 2.36. The van der Waals surface area contributed by atoms with Gasteiger partial charge in [-0.1, -0.05) is 0 Å². The Morgan fingerprint density at radius 3 is 2.60 bits per heavy atom. The van der Waals surface area contributed by atoms with E-state index in [1.807, 2.05) is 11.8 Å². The van der Waals surface area contributed by atoms with Crippen LogP contribution in [0, 0.1) is 20.2 Å². The van der Waals surface area contributed by atoms with E-state index in [9.17, 15) is 20.2 Å². The molecule has 25 heavy (non-hydrogen) atoms. The van der Waals surface area contributed by atoms with Crippen LogP contribution >= 0.6 is 11.8 Å². The fraction of sp³-hybridized carbons (Fsp3) is 0.600. The van der Waals surface area contributed by atoms with Crippen molar-refractivity contribution >= 4 is 28.8 Å². The lowest BCUT2D eigenvalue weighted by Gasteiger charge is -2.43. The highest BCUT2D eigenvalue weighted by atomic mass is 32.2. The standard InChI is InChI=1S/C15H20N4O5S/c20-18(21)12-1-2-13(14(9-12)19(22)23)16-10-15(3-8-25-11-15)17-4-6-24-7-5-17/h1-2,9,16H,3-8,10-11H2. The van der Waals surface area contributed by atoms with E-state index in [0.29, 0.717) is 25.4 Å². The Labute approximate surface area is 149 Å². The third-order valence-corrected chi connectivity index (χ3v) is 6.00. The zero-order valence-corrected chi connectivity index (χ0v) is 14.5. The van der Waals surface area contributed by atoms with Crippen LogP contribution in [0.4, 0.5) is 17.1 Å². The van der Waals surface area contributed by atoms with Crippen LogP contribution in [0.2, 0.25) is 0 Å².